The maximum atomic E-state index is 11.5. The fourth-order valence-corrected chi connectivity index (χ4v) is 3.36. The Balaban J connectivity index is 1.86. The van der Waals surface area contributed by atoms with Crippen LogP contribution in [-0.2, 0) is 17.3 Å². The number of pyridine rings is 1. The van der Waals surface area contributed by atoms with Gasteiger partial charge in [-0.3, -0.25) is 4.21 Å². The predicted molar refractivity (Wildman–Crippen MR) is 103 cm³/mol. The Morgan fingerprint density at radius 1 is 1.04 bits per heavy atom. The van der Waals surface area contributed by atoms with Crippen molar-refractivity contribution in [1.82, 2.24) is 4.98 Å². The molecule has 3 aromatic rings. The van der Waals surface area contributed by atoms with Crippen molar-refractivity contribution >= 4 is 50.7 Å². The van der Waals surface area contributed by atoms with E-state index in [0.29, 0.717) is 22.1 Å². The Morgan fingerprint density at radius 2 is 1.71 bits per heavy atom. The summed E-state index contributed by atoms with van der Waals surface area (Å²) in [5, 5.41) is 1.93. The molecule has 0 aliphatic carbocycles. The summed E-state index contributed by atoms with van der Waals surface area (Å²) < 4.78 is 11.5. The number of rotatable bonds is 4. The summed E-state index contributed by atoms with van der Waals surface area (Å²) in [5.74, 6) is 0.815. The molecule has 1 aromatic heterocycles. The quantitative estimate of drug-likeness (QED) is 0.646. The third-order valence-corrected chi connectivity index (χ3v) is 5.54. The Morgan fingerprint density at radius 3 is 2.38 bits per heavy atom. The van der Waals surface area contributed by atoms with E-state index < -0.39 is 10.8 Å². The highest BCUT2D eigenvalue weighted by Gasteiger charge is 2.09. The van der Waals surface area contributed by atoms with Gasteiger partial charge in [-0.25, -0.2) is 4.98 Å². The van der Waals surface area contributed by atoms with Crippen LogP contribution in [-0.4, -0.2) is 22.5 Å². The second-order valence-electron chi connectivity index (χ2n) is 5.56. The summed E-state index contributed by atoms with van der Waals surface area (Å²) in [7, 11) is 1.01. The number of aromatic nitrogens is 1. The Kier molecular flexibility index (Phi) is 5.09. The molecule has 0 aliphatic heterocycles. The Labute approximate surface area is 153 Å². The summed E-state index contributed by atoms with van der Waals surface area (Å²) in [5.41, 5.74) is 1.82. The molecule has 0 aliphatic rings. The van der Waals surface area contributed by atoms with Gasteiger partial charge in [-0.15, -0.1) is 0 Å². The molecule has 3 nitrogen and oxygen atoms in total. The first-order chi connectivity index (χ1) is 11.5. The number of fused-ring (bicyclic) bond motifs is 1. The van der Waals surface area contributed by atoms with Crippen LogP contribution in [0.5, 0.6) is 0 Å². The average molecular weight is 379 g/mol. The van der Waals surface area contributed by atoms with Gasteiger partial charge in [-0.1, -0.05) is 41.4 Å². The number of anilines is 1. The van der Waals surface area contributed by atoms with Crippen molar-refractivity contribution in [2.75, 3.05) is 18.2 Å². The number of nitrogens with zero attached hydrogens (tertiary/aromatic N) is 2. The van der Waals surface area contributed by atoms with E-state index in [1.54, 1.807) is 12.3 Å². The van der Waals surface area contributed by atoms with Crippen LogP contribution < -0.4 is 4.90 Å². The molecule has 0 saturated carbocycles. The maximum absolute atomic E-state index is 11.5. The van der Waals surface area contributed by atoms with Gasteiger partial charge >= 0.3 is 0 Å². The lowest BCUT2D eigenvalue weighted by atomic mass is 10.2. The molecule has 1 atom stereocenters. The zero-order valence-electron chi connectivity index (χ0n) is 13.3. The third kappa shape index (κ3) is 3.56. The lowest BCUT2D eigenvalue weighted by Crippen LogP contribution is -2.17. The van der Waals surface area contributed by atoms with Gasteiger partial charge in [-0.05, 0) is 35.9 Å². The molecule has 1 heterocycles. The standard InChI is InChI=1S/C18H16Cl2N2OS/c1-22(11-12-3-7-14(8-4-12)24(2)23)16-10-6-13-5-9-15(19)17(20)18(13)21-16/h3-10H,11H2,1-2H3/t24-/m1/s1. The van der Waals surface area contributed by atoms with Crippen LogP contribution in [0.1, 0.15) is 5.56 Å². The molecule has 0 saturated heterocycles. The highest BCUT2D eigenvalue weighted by atomic mass is 35.5. The number of benzene rings is 2. The molecule has 2 aromatic carbocycles. The van der Waals surface area contributed by atoms with Crippen molar-refractivity contribution < 1.29 is 4.21 Å². The van der Waals surface area contributed by atoms with Gasteiger partial charge in [0.05, 0.1) is 15.6 Å². The van der Waals surface area contributed by atoms with Gasteiger partial charge in [-0.2, -0.15) is 0 Å². The van der Waals surface area contributed by atoms with Crippen LogP contribution in [0.3, 0.4) is 0 Å². The normalized spacial score (nSPS) is 12.3. The second kappa shape index (κ2) is 7.09. The maximum Gasteiger partial charge on any atom is 0.129 e. The van der Waals surface area contributed by atoms with Gasteiger partial charge in [0, 0.05) is 40.9 Å². The SMILES string of the molecule is CN(Cc1ccc([S@@](C)=O)cc1)c1ccc2ccc(Cl)c(Cl)c2n1. The van der Waals surface area contributed by atoms with Crippen LogP contribution in [0.2, 0.25) is 10.0 Å². The van der Waals surface area contributed by atoms with E-state index in [9.17, 15) is 4.21 Å². The van der Waals surface area contributed by atoms with E-state index in [-0.39, 0.29) is 0 Å². The van der Waals surface area contributed by atoms with Crippen LogP contribution in [0, 0.1) is 0 Å². The predicted octanol–water partition coefficient (Wildman–Crippen LogP) is 4.92. The van der Waals surface area contributed by atoms with E-state index in [4.69, 9.17) is 23.2 Å². The summed E-state index contributed by atoms with van der Waals surface area (Å²) in [4.78, 5) is 7.50. The average Bonchev–Trinajstić information content (AvgIpc) is 2.58. The second-order valence-corrected chi connectivity index (χ2v) is 7.72. The fraction of sp³-hybridized carbons (Fsp3) is 0.167. The number of hydrogen-bond donors (Lipinski definition) is 0. The van der Waals surface area contributed by atoms with Crippen molar-refractivity contribution in [3.8, 4) is 0 Å². The van der Waals surface area contributed by atoms with Gasteiger partial charge in [0.15, 0.2) is 0 Å². The van der Waals surface area contributed by atoms with Gasteiger partial charge in [0.1, 0.15) is 5.82 Å². The van der Waals surface area contributed by atoms with Crippen molar-refractivity contribution in [2.24, 2.45) is 0 Å². The Hall–Kier alpha value is -1.62. The van der Waals surface area contributed by atoms with Crippen LogP contribution in [0.25, 0.3) is 10.9 Å². The van der Waals surface area contributed by atoms with Gasteiger partial charge in [0.25, 0.3) is 0 Å². The Bertz CT molecular complexity index is 913. The third-order valence-electron chi connectivity index (χ3n) is 3.80. The van der Waals surface area contributed by atoms with E-state index >= 15 is 0 Å². The zero-order chi connectivity index (χ0) is 17.3. The molecule has 0 bridgehead atoms. The molecule has 124 valence electrons. The van der Waals surface area contributed by atoms with E-state index in [1.165, 1.54) is 0 Å². The first-order valence-electron chi connectivity index (χ1n) is 7.34. The van der Waals surface area contributed by atoms with E-state index in [2.05, 4.69) is 4.98 Å². The number of halogens is 2. The molecule has 0 unspecified atom stereocenters. The highest BCUT2D eigenvalue weighted by Crippen LogP contribution is 2.30. The molecule has 0 fully saturated rings. The van der Waals surface area contributed by atoms with Crippen molar-refractivity contribution in [3.63, 3.8) is 0 Å². The number of hydrogen-bond acceptors (Lipinski definition) is 3. The van der Waals surface area contributed by atoms with Crippen molar-refractivity contribution in [1.29, 1.82) is 0 Å². The molecule has 3 rings (SSSR count). The highest BCUT2D eigenvalue weighted by molar-refractivity contribution is 7.84. The van der Waals surface area contributed by atoms with Crippen LogP contribution in [0.15, 0.2) is 53.4 Å². The first-order valence-corrected chi connectivity index (χ1v) is 9.65. The lowest BCUT2D eigenvalue weighted by molar-refractivity contribution is 0.687. The molecule has 0 amide bonds. The van der Waals surface area contributed by atoms with Crippen LogP contribution >= 0.6 is 23.2 Å². The minimum atomic E-state index is -0.960. The summed E-state index contributed by atoms with van der Waals surface area (Å²) in [6, 6.07) is 15.4. The molecular formula is C18H16Cl2N2OS. The minimum Gasteiger partial charge on any atom is -0.355 e. The summed E-state index contributed by atoms with van der Waals surface area (Å²) in [6.07, 6.45) is 1.68. The zero-order valence-corrected chi connectivity index (χ0v) is 15.6. The fourth-order valence-electron chi connectivity index (χ4n) is 2.47. The molecule has 24 heavy (non-hydrogen) atoms. The lowest BCUT2D eigenvalue weighted by Gasteiger charge is -2.19. The molecule has 0 spiro atoms. The van der Waals surface area contributed by atoms with Crippen molar-refractivity contribution in [3.05, 3.63) is 64.1 Å². The van der Waals surface area contributed by atoms with Crippen LogP contribution in [0.4, 0.5) is 5.82 Å². The topological polar surface area (TPSA) is 33.2 Å². The largest absolute Gasteiger partial charge is 0.355 e. The summed E-state index contributed by atoms with van der Waals surface area (Å²) >= 11 is 12.3. The van der Waals surface area contributed by atoms with Crippen molar-refractivity contribution in [2.45, 2.75) is 11.4 Å². The molecule has 0 radical (unpaired) electrons. The first kappa shape index (κ1) is 17.2. The summed E-state index contributed by atoms with van der Waals surface area (Å²) in [6.45, 7) is 0.688. The minimum absolute atomic E-state index is 0.471. The van der Waals surface area contributed by atoms with E-state index in [1.807, 2.05) is 54.4 Å². The van der Waals surface area contributed by atoms with Gasteiger partial charge < -0.3 is 4.90 Å². The molecule has 6 heteroatoms. The van der Waals surface area contributed by atoms with Gasteiger partial charge in [0.2, 0.25) is 0 Å². The molecule has 0 N–H and O–H groups in total. The monoisotopic (exact) mass is 378 g/mol. The molecular weight excluding hydrogens is 363 g/mol. The van der Waals surface area contributed by atoms with E-state index in [0.717, 1.165) is 21.7 Å². The smallest absolute Gasteiger partial charge is 0.129 e.